The zero-order valence-electron chi connectivity index (χ0n) is 37.6. The molecule has 0 aliphatic carbocycles. The van der Waals surface area contributed by atoms with Crippen molar-refractivity contribution in [1.82, 2.24) is 25.1 Å². The Morgan fingerprint density at radius 2 is 1.70 bits per heavy atom. The number of fused-ring (bicyclic) bond motifs is 2. The lowest BCUT2D eigenvalue weighted by Crippen LogP contribution is -2.51. The van der Waals surface area contributed by atoms with E-state index in [0.29, 0.717) is 96.5 Å². The molecule has 2 aromatic rings. The van der Waals surface area contributed by atoms with E-state index in [-0.39, 0.29) is 38.0 Å². The van der Waals surface area contributed by atoms with Crippen molar-refractivity contribution in [3.63, 3.8) is 0 Å². The Morgan fingerprint density at radius 3 is 2.41 bits per heavy atom. The average Bonchev–Trinajstić information content (AvgIpc) is 3.90. The molecule has 3 N–H and O–H groups in total. The van der Waals surface area contributed by atoms with Crippen LogP contribution in [0.5, 0.6) is 0 Å². The van der Waals surface area contributed by atoms with Crippen LogP contribution < -0.4 is 10.6 Å². The Morgan fingerprint density at radius 1 is 0.969 bits per heavy atom. The summed E-state index contributed by atoms with van der Waals surface area (Å²) < 4.78 is 41.7. The van der Waals surface area contributed by atoms with E-state index in [1.165, 1.54) is 0 Å². The predicted molar refractivity (Wildman–Crippen MR) is 240 cm³/mol. The molecular formula is C44H63BF2N7O9S+. The van der Waals surface area contributed by atoms with Crippen molar-refractivity contribution < 1.29 is 61.0 Å². The lowest BCUT2D eigenvalue weighted by molar-refractivity contribution is -0.870. The molecule has 0 saturated carbocycles. The van der Waals surface area contributed by atoms with E-state index in [1.807, 2.05) is 25.2 Å². The Kier molecular flexibility index (Phi) is 18.4. The standard InChI is InChI=1S/C44H62BF2N7O9S/c1-32-29-35(51-37(32)31-39-34(17-14-28-64-63-62-60)30-38(52(39)45(51,46)47)33-15-8-6-9-16-33)20-21-40(55)49-36(18-11-13-27-54(3,4)5)44(59)48-24-26-50(2)25-12-7-10-19-43(58)61-53-41(56)22-23-42(53)57/h6,8-9,15-16,29-31,36H,7,10-14,17-28H2,1-5H3,(H2-,48,49,55,59,60)/p+1. The summed E-state index contributed by atoms with van der Waals surface area (Å²) in [5, 5.41) is 18.6. The molecule has 1 aromatic heterocycles. The fourth-order valence-corrected chi connectivity index (χ4v) is 8.55. The number of amides is 4. The van der Waals surface area contributed by atoms with E-state index in [4.69, 9.17) is 10.1 Å². The number of allylic oxidation sites excluding steroid dienone is 2. The molecule has 20 heteroatoms. The Bertz CT molecular complexity index is 2080. The van der Waals surface area contributed by atoms with E-state index in [9.17, 15) is 24.0 Å². The lowest BCUT2D eigenvalue weighted by Gasteiger charge is -2.31. The Balaban J connectivity index is 1.17. The molecule has 3 aliphatic heterocycles. The first-order valence-electron chi connectivity index (χ1n) is 22.1. The molecule has 0 radical (unpaired) electrons. The van der Waals surface area contributed by atoms with Gasteiger partial charge >= 0.3 is 12.9 Å². The first kappa shape index (κ1) is 50.3. The van der Waals surface area contributed by atoms with Gasteiger partial charge in [-0.25, -0.2) is 10.1 Å². The molecule has 5 rings (SSSR count). The molecule has 0 spiro atoms. The van der Waals surface area contributed by atoms with Gasteiger partial charge in [0.2, 0.25) is 11.8 Å². The van der Waals surface area contributed by atoms with Crippen molar-refractivity contribution in [2.45, 2.75) is 96.4 Å². The van der Waals surface area contributed by atoms with Gasteiger partial charge in [0.1, 0.15) is 11.8 Å². The molecule has 3 aliphatic rings. The summed E-state index contributed by atoms with van der Waals surface area (Å²) in [6.45, 7) is -0.115. The molecular weight excluding hydrogens is 851 g/mol. The molecule has 4 heterocycles. The smallest absolute Gasteiger partial charge is 0.390 e. The topological polar surface area (TPSA) is 172 Å². The summed E-state index contributed by atoms with van der Waals surface area (Å²) in [7, 11) is 8.20. The molecule has 0 bridgehead atoms. The van der Waals surface area contributed by atoms with Gasteiger partial charge in [-0.2, -0.15) is 0 Å². The SMILES string of the molecule is CC1=CC(CCC(=O)NC(CCCC[N+](C)(C)C)C(=O)NCCN(C)CCCCCC(=O)ON2C(=O)CCC2=O)=[N+]2C1=Cc1c(CCCSOOO)cc(-c3ccccc3)n1[B-]2(F)F. The Hall–Kier alpha value is -4.73. The molecule has 1 aromatic carbocycles. The van der Waals surface area contributed by atoms with Crippen LogP contribution in [-0.4, -0.2) is 137 Å². The van der Waals surface area contributed by atoms with E-state index >= 15 is 8.63 Å². The summed E-state index contributed by atoms with van der Waals surface area (Å²) >= 11 is 0.919. The minimum absolute atomic E-state index is 0.0335. The maximum Gasteiger partial charge on any atom is 0.737 e. The highest BCUT2D eigenvalue weighted by Gasteiger charge is 2.54. The van der Waals surface area contributed by atoms with Crippen molar-refractivity contribution in [1.29, 1.82) is 0 Å². The minimum atomic E-state index is -4.39. The molecule has 1 unspecified atom stereocenters. The van der Waals surface area contributed by atoms with Crippen molar-refractivity contribution in [2.75, 3.05) is 60.1 Å². The Labute approximate surface area is 378 Å². The van der Waals surface area contributed by atoms with E-state index < -0.39 is 36.7 Å². The van der Waals surface area contributed by atoms with Crippen molar-refractivity contribution in [3.05, 3.63) is 65.0 Å². The van der Waals surface area contributed by atoms with Crippen LogP contribution in [0.4, 0.5) is 8.63 Å². The summed E-state index contributed by atoms with van der Waals surface area (Å²) in [5.74, 6) is -1.88. The molecule has 1 saturated heterocycles. The molecule has 350 valence electrons. The van der Waals surface area contributed by atoms with Crippen LogP contribution in [0.2, 0.25) is 0 Å². The highest BCUT2D eigenvalue weighted by atomic mass is 32.2. The maximum atomic E-state index is 17.1. The van der Waals surface area contributed by atoms with E-state index in [0.717, 1.165) is 56.9 Å². The number of nitrogens with one attached hydrogen (secondary N) is 2. The molecule has 4 amide bonds. The first-order chi connectivity index (χ1) is 30.5. The second kappa shape index (κ2) is 23.5. The van der Waals surface area contributed by atoms with Crippen LogP contribution >= 0.6 is 12.0 Å². The third kappa shape index (κ3) is 13.9. The summed E-state index contributed by atoms with van der Waals surface area (Å²) in [4.78, 5) is 69.5. The summed E-state index contributed by atoms with van der Waals surface area (Å²) in [6.07, 6.45) is 8.71. The van der Waals surface area contributed by atoms with Crippen molar-refractivity contribution >= 4 is 60.4 Å². The lowest BCUT2D eigenvalue weighted by atomic mass is 9.88. The molecule has 1 atom stereocenters. The van der Waals surface area contributed by atoms with Crippen molar-refractivity contribution in [3.8, 4) is 11.3 Å². The van der Waals surface area contributed by atoms with Gasteiger partial charge in [0.15, 0.2) is 5.70 Å². The van der Waals surface area contributed by atoms with Crippen molar-refractivity contribution in [2.24, 2.45) is 0 Å². The van der Waals surface area contributed by atoms with Crippen LogP contribution in [0, 0.1) is 0 Å². The van der Waals surface area contributed by atoms with Gasteiger partial charge in [-0.3, -0.25) is 19.2 Å². The number of aryl methyl sites for hydroxylation is 1. The zero-order valence-corrected chi connectivity index (χ0v) is 38.4. The molecule has 64 heavy (non-hydrogen) atoms. The number of hydrogen-bond acceptors (Lipinski definition) is 11. The predicted octanol–water partition coefficient (Wildman–Crippen LogP) is 5.50. The van der Waals surface area contributed by atoms with Crippen LogP contribution in [-0.2, 0) is 44.6 Å². The van der Waals surface area contributed by atoms with Gasteiger partial charge in [0.05, 0.1) is 27.7 Å². The summed E-state index contributed by atoms with van der Waals surface area (Å²) in [5.41, 5.74) is 3.57. The van der Waals surface area contributed by atoms with Gasteiger partial charge in [-0.15, -0.1) is 9.40 Å². The number of halogens is 2. The van der Waals surface area contributed by atoms with E-state index in [1.54, 1.807) is 37.3 Å². The van der Waals surface area contributed by atoms with Crippen LogP contribution in [0.3, 0.4) is 0 Å². The van der Waals surface area contributed by atoms with E-state index in [2.05, 4.69) is 46.0 Å². The number of quaternary nitrogens is 1. The number of likely N-dealkylation sites (N-methyl/N-ethyl adjacent to an activating group) is 1. The number of hydrogen-bond donors (Lipinski definition) is 3. The number of carbonyl (C=O) groups excluding carboxylic acids is 5. The first-order valence-corrected chi connectivity index (χ1v) is 23.0. The minimum Gasteiger partial charge on any atom is -0.390 e. The highest BCUT2D eigenvalue weighted by molar-refractivity contribution is 7.94. The number of carbonyl (C=O) groups is 5. The summed E-state index contributed by atoms with van der Waals surface area (Å²) in [6, 6.07) is 10.1. The van der Waals surface area contributed by atoms with Gasteiger partial charge < -0.3 is 42.5 Å². The average molecular weight is 915 g/mol. The normalized spacial score (nSPS) is 16.2. The van der Waals surface area contributed by atoms with Crippen LogP contribution in [0.1, 0.15) is 95.2 Å². The fraction of sp³-hybridized carbons (Fsp3) is 0.545. The number of imide groups is 1. The number of rotatable bonds is 27. The third-order valence-corrected chi connectivity index (χ3v) is 12.1. The fourth-order valence-electron chi connectivity index (χ4n) is 8.17. The number of hydroxylamine groups is 2. The second-order valence-electron chi connectivity index (χ2n) is 17.6. The third-order valence-electron chi connectivity index (χ3n) is 11.5. The number of aromatic nitrogens is 1. The van der Waals surface area contributed by atoms with Gasteiger partial charge in [-0.05, 0) is 82.7 Å². The van der Waals surface area contributed by atoms with Gasteiger partial charge in [-0.1, -0.05) is 41.8 Å². The number of nitrogens with zero attached hydrogens (tertiary/aromatic N) is 5. The highest BCUT2D eigenvalue weighted by Crippen LogP contribution is 2.41. The maximum absolute atomic E-state index is 17.1. The zero-order chi connectivity index (χ0) is 46.4. The van der Waals surface area contributed by atoms with Crippen LogP contribution in [0.15, 0.2) is 53.7 Å². The second-order valence-corrected chi connectivity index (χ2v) is 18.4. The number of unbranched alkanes of at least 4 members (excludes halogenated alkanes) is 3. The monoisotopic (exact) mass is 914 g/mol. The number of benzene rings is 1. The quantitative estimate of drug-likeness (QED) is 0.0197. The molecule has 1 fully saturated rings. The van der Waals surface area contributed by atoms with Gasteiger partial charge in [0, 0.05) is 92.1 Å². The molecule has 16 nitrogen and oxygen atoms in total. The largest absolute Gasteiger partial charge is 0.737 e. The van der Waals surface area contributed by atoms with Crippen LogP contribution in [0.25, 0.3) is 17.3 Å². The van der Waals surface area contributed by atoms with Gasteiger partial charge in [0.25, 0.3) is 11.8 Å².